The molecule has 1 atom stereocenters. The molecule has 1 aromatic carbocycles. The number of nitrogens with zero attached hydrogens (tertiary/aromatic N) is 3. The van der Waals surface area contributed by atoms with Crippen LogP contribution in [-0.2, 0) is 13.6 Å². The maximum Gasteiger partial charge on any atom is 0.329 e. The number of hydrogen-bond donors (Lipinski definition) is 3. The van der Waals surface area contributed by atoms with E-state index in [0.717, 1.165) is 6.42 Å². The first kappa shape index (κ1) is 18.7. The summed E-state index contributed by atoms with van der Waals surface area (Å²) in [5.41, 5.74) is -0.582. The predicted molar refractivity (Wildman–Crippen MR) is 102 cm³/mol. The summed E-state index contributed by atoms with van der Waals surface area (Å²) in [7, 11) is 1.54. The Morgan fingerprint density at radius 3 is 2.74 bits per heavy atom. The van der Waals surface area contributed by atoms with Crippen molar-refractivity contribution in [2.75, 3.05) is 18.5 Å². The number of anilines is 1. The van der Waals surface area contributed by atoms with E-state index >= 15 is 0 Å². The third-order valence-corrected chi connectivity index (χ3v) is 4.12. The topological polar surface area (TPSA) is 114 Å². The minimum atomic E-state index is -0.874. The fourth-order valence-electron chi connectivity index (χ4n) is 2.76. The molecule has 0 spiro atoms. The molecule has 0 amide bonds. The van der Waals surface area contributed by atoms with Gasteiger partial charge < -0.3 is 19.7 Å². The molecule has 0 saturated heterocycles. The number of nitrogens with one attached hydrogen (secondary N) is 2. The number of rotatable bonds is 8. The summed E-state index contributed by atoms with van der Waals surface area (Å²) in [5.74, 6) is 1.08. The van der Waals surface area contributed by atoms with Crippen molar-refractivity contribution in [1.29, 1.82) is 0 Å². The van der Waals surface area contributed by atoms with Gasteiger partial charge >= 0.3 is 5.69 Å². The van der Waals surface area contributed by atoms with E-state index in [1.165, 1.54) is 11.6 Å². The van der Waals surface area contributed by atoms with Crippen LogP contribution >= 0.6 is 0 Å². The van der Waals surface area contributed by atoms with Crippen LogP contribution < -0.4 is 21.3 Å². The van der Waals surface area contributed by atoms with Crippen LogP contribution in [0.1, 0.15) is 13.3 Å². The summed E-state index contributed by atoms with van der Waals surface area (Å²) in [4.78, 5) is 30.8. The zero-order valence-electron chi connectivity index (χ0n) is 15.3. The fourth-order valence-corrected chi connectivity index (χ4v) is 2.76. The van der Waals surface area contributed by atoms with Crippen LogP contribution in [0, 0.1) is 0 Å². The first-order valence-electron chi connectivity index (χ1n) is 8.80. The lowest BCUT2D eigenvalue weighted by Gasteiger charge is -2.15. The SMILES string of the molecule is CCCNc1nc2c(c(=O)[nH]c(=O)n2C)n1C[C@@H](O)COc1ccccc1. The van der Waals surface area contributed by atoms with E-state index in [4.69, 9.17) is 4.74 Å². The Morgan fingerprint density at radius 1 is 1.30 bits per heavy atom. The van der Waals surface area contributed by atoms with Gasteiger partial charge in [-0.15, -0.1) is 0 Å². The summed E-state index contributed by atoms with van der Waals surface area (Å²) in [5, 5.41) is 13.6. The summed E-state index contributed by atoms with van der Waals surface area (Å²) in [6, 6.07) is 9.17. The molecular formula is C18H23N5O4. The summed E-state index contributed by atoms with van der Waals surface area (Å²) < 4.78 is 8.44. The maximum atomic E-state index is 12.4. The molecule has 0 unspecified atom stereocenters. The minimum Gasteiger partial charge on any atom is -0.491 e. The monoisotopic (exact) mass is 373 g/mol. The Kier molecular flexibility index (Phi) is 5.60. The Balaban J connectivity index is 1.90. The first-order valence-corrected chi connectivity index (χ1v) is 8.80. The molecular weight excluding hydrogens is 350 g/mol. The normalized spacial score (nSPS) is 12.3. The van der Waals surface area contributed by atoms with Crippen molar-refractivity contribution in [1.82, 2.24) is 19.1 Å². The van der Waals surface area contributed by atoms with E-state index in [9.17, 15) is 14.7 Å². The molecule has 0 aliphatic carbocycles. The van der Waals surface area contributed by atoms with Gasteiger partial charge in [-0.1, -0.05) is 25.1 Å². The van der Waals surface area contributed by atoms with Gasteiger partial charge in [0, 0.05) is 13.6 Å². The molecule has 27 heavy (non-hydrogen) atoms. The molecule has 0 aliphatic heterocycles. The second kappa shape index (κ2) is 8.09. The third kappa shape index (κ3) is 4.03. The number of ether oxygens (including phenoxy) is 1. The van der Waals surface area contributed by atoms with Crippen LogP contribution in [0.15, 0.2) is 39.9 Å². The second-order valence-corrected chi connectivity index (χ2v) is 6.24. The molecule has 144 valence electrons. The molecule has 3 aromatic rings. The second-order valence-electron chi connectivity index (χ2n) is 6.24. The highest BCUT2D eigenvalue weighted by atomic mass is 16.5. The van der Waals surface area contributed by atoms with E-state index in [-0.39, 0.29) is 24.3 Å². The maximum absolute atomic E-state index is 12.4. The molecule has 0 radical (unpaired) electrons. The number of aryl methyl sites for hydroxylation is 1. The molecule has 9 heteroatoms. The first-order chi connectivity index (χ1) is 13.0. The van der Waals surface area contributed by atoms with Crippen LogP contribution in [0.4, 0.5) is 5.95 Å². The number of fused-ring (bicyclic) bond motifs is 1. The lowest BCUT2D eigenvalue weighted by atomic mass is 10.3. The van der Waals surface area contributed by atoms with Crippen LogP contribution in [0.3, 0.4) is 0 Å². The number of H-pyrrole nitrogens is 1. The molecule has 0 saturated carbocycles. The summed E-state index contributed by atoms with van der Waals surface area (Å²) in [6.45, 7) is 2.80. The number of imidazole rings is 1. The van der Waals surface area contributed by atoms with E-state index in [2.05, 4.69) is 15.3 Å². The highest BCUT2D eigenvalue weighted by Crippen LogP contribution is 2.16. The number of hydrogen-bond acceptors (Lipinski definition) is 6. The standard InChI is InChI=1S/C18H23N5O4/c1-3-9-19-17-20-15-14(16(25)21-18(26)22(15)2)23(17)10-12(24)11-27-13-7-5-4-6-8-13/h4-8,12,24H,3,9-11H2,1-2H3,(H,19,20)(H,21,25,26)/t12-/m1/s1. The minimum absolute atomic E-state index is 0.0561. The average Bonchev–Trinajstić information content (AvgIpc) is 3.02. The van der Waals surface area contributed by atoms with Crippen molar-refractivity contribution in [2.45, 2.75) is 26.0 Å². The number of aromatic nitrogens is 4. The van der Waals surface area contributed by atoms with Crippen LogP contribution in [-0.4, -0.2) is 43.5 Å². The van der Waals surface area contributed by atoms with Gasteiger partial charge in [0.05, 0.1) is 6.54 Å². The number of benzene rings is 1. The van der Waals surface area contributed by atoms with Crippen LogP contribution in [0.5, 0.6) is 5.75 Å². The fraction of sp³-hybridized carbons (Fsp3) is 0.389. The quantitative estimate of drug-likeness (QED) is 0.535. The molecule has 2 heterocycles. The zero-order valence-corrected chi connectivity index (χ0v) is 15.3. The lowest BCUT2D eigenvalue weighted by molar-refractivity contribution is 0.0938. The van der Waals surface area contributed by atoms with Gasteiger partial charge in [-0.3, -0.25) is 14.3 Å². The van der Waals surface area contributed by atoms with Gasteiger partial charge in [0.2, 0.25) is 5.95 Å². The smallest absolute Gasteiger partial charge is 0.329 e. The van der Waals surface area contributed by atoms with Gasteiger partial charge in [0.15, 0.2) is 11.2 Å². The Labute approximate surface area is 155 Å². The number of aliphatic hydroxyl groups is 1. The Hall–Kier alpha value is -3.07. The van der Waals surface area contributed by atoms with Gasteiger partial charge in [0.25, 0.3) is 5.56 Å². The third-order valence-electron chi connectivity index (χ3n) is 4.12. The van der Waals surface area contributed by atoms with Gasteiger partial charge in [0.1, 0.15) is 18.5 Å². The summed E-state index contributed by atoms with van der Waals surface area (Å²) in [6.07, 6.45) is -0.0144. The molecule has 3 N–H and O–H groups in total. The van der Waals surface area contributed by atoms with Crippen molar-refractivity contribution >= 4 is 17.1 Å². The van der Waals surface area contributed by atoms with E-state index < -0.39 is 17.4 Å². The number of para-hydroxylation sites is 1. The highest BCUT2D eigenvalue weighted by Gasteiger charge is 2.19. The largest absolute Gasteiger partial charge is 0.491 e. The number of aliphatic hydroxyl groups excluding tert-OH is 1. The van der Waals surface area contributed by atoms with E-state index in [0.29, 0.717) is 18.2 Å². The Bertz CT molecular complexity index is 1020. The van der Waals surface area contributed by atoms with Gasteiger partial charge in [-0.25, -0.2) is 4.79 Å². The van der Waals surface area contributed by atoms with Crippen molar-refractivity contribution in [3.05, 3.63) is 51.2 Å². The molecule has 3 rings (SSSR count). The van der Waals surface area contributed by atoms with Crippen LogP contribution in [0.25, 0.3) is 11.2 Å². The molecule has 2 aromatic heterocycles. The van der Waals surface area contributed by atoms with Gasteiger partial charge in [-0.05, 0) is 18.6 Å². The van der Waals surface area contributed by atoms with Crippen molar-refractivity contribution in [3.63, 3.8) is 0 Å². The molecule has 9 nitrogen and oxygen atoms in total. The predicted octanol–water partition coefficient (Wildman–Crippen LogP) is 0.685. The highest BCUT2D eigenvalue weighted by molar-refractivity contribution is 5.74. The Morgan fingerprint density at radius 2 is 2.04 bits per heavy atom. The van der Waals surface area contributed by atoms with Crippen molar-refractivity contribution in [3.8, 4) is 5.75 Å². The average molecular weight is 373 g/mol. The summed E-state index contributed by atoms with van der Waals surface area (Å²) >= 11 is 0. The van der Waals surface area contributed by atoms with E-state index in [1.54, 1.807) is 16.7 Å². The van der Waals surface area contributed by atoms with Gasteiger partial charge in [-0.2, -0.15) is 4.98 Å². The molecule has 0 aliphatic rings. The van der Waals surface area contributed by atoms with Crippen molar-refractivity contribution in [2.24, 2.45) is 7.05 Å². The lowest BCUT2D eigenvalue weighted by Crippen LogP contribution is -2.31. The van der Waals surface area contributed by atoms with Crippen LogP contribution in [0.2, 0.25) is 0 Å². The molecule has 0 fully saturated rings. The van der Waals surface area contributed by atoms with E-state index in [1.807, 2.05) is 25.1 Å². The zero-order chi connectivity index (χ0) is 19.4. The number of aromatic amines is 1. The molecule has 0 bridgehead atoms. The van der Waals surface area contributed by atoms with Crippen molar-refractivity contribution < 1.29 is 9.84 Å².